The third-order valence-electron chi connectivity index (χ3n) is 2.54. The summed E-state index contributed by atoms with van der Waals surface area (Å²) in [5.74, 6) is 0.151. The van der Waals surface area contributed by atoms with Crippen molar-refractivity contribution in [3.05, 3.63) is 0 Å². The quantitative estimate of drug-likeness (QED) is 0.482. The summed E-state index contributed by atoms with van der Waals surface area (Å²) in [7, 11) is 0. The van der Waals surface area contributed by atoms with E-state index in [1.807, 2.05) is 0 Å². The van der Waals surface area contributed by atoms with Crippen LogP contribution in [0.1, 0.15) is 52.4 Å². The minimum atomic E-state index is 0.151. The van der Waals surface area contributed by atoms with E-state index in [1.54, 1.807) is 0 Å². The number of hydrogen-bond donors (Lipinski definition) is 3. The van der Waals surface area contributed by atoms with Gasteiger partial charge in [0.05, 0.1) is 0 Å². The Kier molecular flexibility index (Phi) is 11.4. The number of aliphatic hydroxyl groups excluding tert-OH is 1. The first-order valence-electron chi connectivity index (χ1n) is 6.77. The molecule has 0 aromatic heterocycles. The van der Waals surface area contributed by atoms with Crippen molar-refractivity contribution in [3.8, 4) is 0 Å². The van der Waals surface area contributed by atoms with Crippen molar-refractivity contribution in [2.24, 2.45) is 0 Å². The molecule has 4 heteroatoms. The smallest absolute Gasteiger partial charge is 0.220 e. The third kappa shape index (κ3) is 13.3. The zero-order valence-corrected chi connectivity index (χ0v) is 11.3. The van der Waals surface area contributed by atoms with Crippen LogP contribution in [0.25, 0.3) is 0 Å². The maximum Gasteiger partial charge on any atom is 0.220 e. The van der Waals surface area contributed by atoms with Gasteiger partial charge >= 0.3 is 0 Å². The lowest BCUT2D eigenvalue weighted by molar-refractivity contribution is -0.121. The van der Waals surface area contributed by atoms with Crippen LogP contribution in [0.3, 0.4) is 0 Å². The maximum absolute atomic E-state index is 11.4. The van der Waals surface area contributed by atoms with Gasteiger partial charge in [0.25, 0.3) is 0 Å². The van der Waals surface area contributed by atoms with Crippen LogP contribution in [0.15, 0.2) is 0 Å². The van der Waals surface area contributed by atoms with Crippen LogP contribution in [0, 0.1) is 0 Å². The molecule has 0 saturated heterocycles. The highest BCUT2D eigenvalue weighted by molar-refractivity contribution is 5.75. The molecule has 0 unspecified atom stereocenters. The number of amides is 1. The Labute approximate surface area is 105 Å². The second kappa shape index (κ2) is 11.9. The summed E-state index contributed by atoms with van der Waals surface area (Å²) < 4.78 is 0. The van der Waals surface area contributed by atoms with Crippen LogP contribution < -0.4 is 10.6 Å². The number of nitrogens with one attached hydrogen (secondary N) is 2. The summed E-state index contributed by atoms with van der Waals surface area (Å²) in [5.41, 5.74) is 0. The SMILES string of the molecule is CC(C)NCCCC(=O)NCCCCCCO. The number of aliphatic hydroxyl groups is 1. The minimum absolute atomic E-state index is 0.151. The van der Waals surface area contributed by atoms with Crippen molar-refractivity contribution in [1.29, 1.82) is 0 Å². The summed E-state index contributed by atoms with van der Waals surface area (Å²) >= 11 is 0. The lowest BCUT2D eigenvalue weighted by Gasteiger charge is -2.08. The molecule has 0 fully saturated rings. The lowest BCUT2D eigenvalue weighted by Crippen LogP contribution is -2.27. The summed E-state index contributed by atoms with van der Waals surface area (Å²) in [6, 6.07) is 0.490. The van der Waals surface area contributed by atoms with Crippen LogP contribution in [0.2, 0.25) is 0 Å². The molecule has 0 bridgehead atoms. The van der Waals surface area contributed by atoms with Gasteiger partial charge < -0.3 is 15.7 Å². The molecular weight excluding hydrogens is 216 g/mol. The highest BCUT2D eigenvalue weighted by Crippen LogP contribution is 1.97. The van der Waals surface area contributed by atoms with Crippen LogP contribution in [0.5, 0.6) is 0 Å². The Morgan fingerprint density at radius 1 is 1.06 bits per heavy atom. The molecule has 0 saturated carbocycles. The van der Waals surface area contributed by atoms with Gasteiger partial charge in [-0.05, 0) is 25.8 Å². The first-order valence-corrected chi connectivity index (χ1v) is 6.77. The number of carbonyl (C=O) groups is 1. The maximum atomic E-state index is 11.4. The number of hydrogen-bond acceptors (Lipinski definition) is 3. The molecule has 1 amide bonds. The molecule has 0 radical (unpaired) electrons. The summed E-state index contributed by atoms with van der Waals surface area (Å²) in [4.78, 5) is 11.4. The topological polar surface area (TPSA) is 61.4 Å². The highest BCUT2D eigenvalue weighted by Gasteiger charge is 2.00. The molecule has 17 heavy (non-hydrogen) atoms. The second-order valence-corrected chi connectivity index (χ2v) is 4.70. The van der Waals surface area contributed by atoms with Crippen molar-refractivity contribution >= 4 is 5.91 Å². The first-order chi connectivity index (χ1) is 8.16. The fourth-order valence-corrected chi connectivity index (χ4v) is 1.55. The van der Waals surface area contributed by atoms with E-state index in [0.29, 0.717) is 12.5 Å². The minimum Gasteiger partial charge on any atom is -0.396 e. The van der Waals surface area contributed by atoms with Gasteiger partial charge in [-0.2, -0.15) is 0 Å². The van der Waals surface area contributed by atoms with Gasteiger partial charge in [0, 0.05) is 25.6 Å². The Bertz CT molecular complexity index is 184. The van der Waals surface area contributed by atoms with E-state index in [4.69, 9.17) is 5.11 Å². The Morgan fingerprint density at radius 2 is 1.76 bits per heavy atom. The van der Waals surface area contributed by atoms with E-state index in [1.165, 1.54) is 0 Å². The second-order valence-electron chi connectivity index (χ2n) is 4.70. The van der Waals surface area contributed by atoms with Crippen molar-refractivity contribution in [2.75, 3.05) is 19.7 Å². The van der Waals surface area contributed by atoms with Crippen molar-refractivity contribution in [3.63, 3.8) is 0 Å². The van der Waals surface area contributed by atoms with Crippen LogP contribution >= 0.6 is 0 Å². The van der Waals surface area contributed by atoms with Crippen molar-refractivity contribution in [2.45, 2.75) is 58.4 Å². The molecule has 4 nitrogen and oxygen atoms in total. The third-order valence-corrected chi connectivity index (χ3v) is 2.54. The van der Waals surface area contributed by atoms with Crippen molar-refractivity contribution in [1.82, 2.24) is 10.6 Å². The van der Waals surface area contributed by atoms with Crippen LogP contribution in [0.4, 0.5) is 0 Å². The van der Waals surface area contributed by atoms with Gasteiger partial charge in [-0.3, -0.25) is 4.79 Å². The average Bonchev–Trinajstić information content (AvgIpc) is 2.29. The number of unbranched alkanes of at least 4 members (excludes halogenated alkanes) is 3. The molecule has 0 aliphatic carbocycles. The van der Waals surface area contributed by atoms with Gasteiger partial charge in [-0.1, -0.05) is 26.7 Å². The van der Waals surface area contributed by atoms with Crippen molar-refractivity contribution < 1.29 is 9.90 Å². The monoisotopic (exact) mass is 244 g/mol. The molecule has 0 aromatic rings. The fourth-order valence-electron chi connectivity index (χ4n) is 1.55. The molecule has 0 heterocycles. The zero-order chi connectivity index (χ0) is 12.9. The molecule has 0 aliphatic heterocycles. The van der Waals surface area contributed by atoms with Gasteiger partial charge in [-0.25, -0.2) is 0 Å². The standard InChI is InChI=1S/C13H28N2O2/c1-12(2)14-10-7-8-13(17)15-9-5-3-4-6-11-16/h12,14,16H,3-11H2,1-2H3,(H,15,17). The van der Waals surface area contributed by atoms with E-state index in [-0.39, 0.29) is 12.5 Å². The van der Waals surface area contributed by atoms with E-state index in [2.05, 4.69) is 24.5 Å². The normalized spacial score (nSPS) is 10.8. The zero-order valence-electron chi connectivity index (χ0n) is 11.3. The molecule has 0 spiro atoms. The first kappa shape index (κ1) is 16.4. The summed E-state index contributed by atoms with van der Waals surface area (Å²) in [6.07, 6.45) is 5.51. The highest BCUT2D eigenvalue weighted by atomic mass is 16.2. The van der Waals surface area contributed by atoms with E-state index in [0.717, 1.165) is 45.2 Å². The van der Waals surface area contributed by atoms with E-state index in [9.17, 15) is 4.79 Å². The Morgan fingerprint density at radius 3 is 2.41 bits per heavy atom. The number of carbonyl (C=O) groups excluding carboxylic acids is 1. The van der Waals surface area contributed by atoms with Gasteiger partial charge in [0.2, 0.25) is 5.91 Å². The molecule has 0 atom stereocenters. The Balaban J connectivity index is 3.18. The predicted molar refractivity (Wildman–Crippen MR) is 70.9 cm³/mol. The number of rotatable bonds is 11. The Hall–Kier alpha value is -0.610. The van der Waals surface area contributed by atoms with Crippen LogP contribution in [-0.4, -0.2) is 36.8 Å². The molecule has 0 rings (SSSR count). The largest absolute Gasteiger partial charge is 0.396 e. The van der Waals surface area contributed by atoms with E-state index < -0.39 is 0 Å². The van der Waals surface area contributed by atoms with E-state index >= 15 is 0 Å². The average molecular weight is 244 g/mol. The molecule has 0 aromatic carbocycles. The molecule has 3 N–H and O–H groups in total. The van der Waals surface area contributed by atoms with Gasteiger partial charge in [0.15, 0.2) is 0 Å². The van der Waals surface area contributed by atoms with Crippen LogP contribution in [-0.2, 0) is 4.79 Å². The van der Waals surface area contributed by atoms with Gasteiger partial charge in [-0.15, -0.1) is 0 Å². The summed E-state index contributed by atoms with van der Waals surface area (Å²) in [5, 5.41) is 14.8. The predicted octanol–water partition coefficient (Wildman–Crippen LogP) is 1.43. The molecule has 102 valence electrons. The molecule has 0 aliphatic rings. The summed E-state index contributed by atoms with van der Waals surface area (Å²) in [6.45, 7) is 6.15. The lowest BCUT2D eigenvalue weighted by atomic mass is 10.2. The molecular formula is C13H28N2O2. The fraction of sp³-hybridized carbons (Fsp3) is 0.923. The van der Waals surface area contributed by atoms with Gasteiger partial charge in [0.1, 0.15) is 0 Å².